The Morgan fingerprint density at radius 3 is 1.34 bits per heavy atom. The number of hydrogen-bond donors (Lipinski definition) is 0. The zero-order valence-electron chi connectivity index (χ0n) is 33.3. The maximum Gasteiger partial charge on any atom is 0.161 e. The highest BCUT2D eigenvalue weighted by molar-refractivity contribution is 6.07. The molecule has 12 rings (SSSR count). The van der Waals surface area contributed by atoms with Gasteiger partial charge in [-0.2, -0.15) is 0 Å². The van der Waals surface area contributed by atoms with E-state index in [1.807, 2.05) is 0 Å². The van der Waals surface area contributed by atoms with Crippen LogP contribution < -0.4 is 0 Å². The molecule has 0 aliphatic heterocycles. The van der Waals surface area contributed by atoms with Gasteiger partial charge in [0.05, 0.1) is 16.8 Å². The first-order chi connectivity index (χ1) is 30.3. The number of benzene rings is 10. The Morgan fingerprint density at radius 2 is 0.689 bits per heavy atom. The van der Waals surface area contributed by atoms with Crippen LogP contribution in [0.4, 0.5) is 0 Å². The average Bonchev–Trinajstić information content (AvgIpc) is 3.65. The summed E-state index contributed by atoms with van der Waals surface area (Å²) in [6.45, 7) is 0. The maximum atomic E-state index is 5.46. The molecule has 10 aromatic carbocycles. The predicted octanol–water partition coefficient (Wildman–Crippen LogP) is 15.0. The van der Waals surface area contributed by atoms with Gasteiger partial charge >= 0.3 is 0 Å². The van der Waals surface area contributed by atoms with E-state index in [1.165, 1.54) is 55.3 Å². The van der Waals surface area contributed by atoms with Crippen molar-refractivity contribution in [1.29, 1.82) is 0 Å². The molecule has 0 spiro atoms. The standard InChI is InChI=1S/C59H38N2/c1-3-22-41(23-4-1)59(42-24-5-2-6-25-42)54-35-14-13-30-48(54)52-33-17-32-51(57(52)59)47-36-37-50(46-29-12-11-28-45(46)47)56-38-55(49-31-15-20-39-18-7-9-26-43(39)49)60-58(61-56)53-34-16-21-40-19-8-10-27-44(40)53/h1-38H. The molecule has 0 saturated heterocycles. The molecule has 0 N–H and O–H groups in total. The van der Waals surface area contributed by atoms with Crippen LogP contribution >= 0.6 is 0 Å². The van der Waals surface area contributed by atoms with Gasteiger partial charge in [0, 0.05) is 16.7 Å². The van der Waals surface area contributed by atoms with E-state index in [9.17, 15) is 0 Å². The van der Waals surface area contributed by atoms with Crippen LogP contribution in [0.1, 0.15) is 22.3 Å². The van der Waals surface area contributed by atoms with Crippen LogP contribution in [0, 0.1) is 0 Å². The quantitative estimate of drug-likeness (QED) is 0.168. The van der Waals surface area contributed by atoms with E-state index in [2.05, 4.69) is 231 Å². The van der Waals surface area contributed by atoms with Gasteiger partial charge in [-0.25, -0.2) is 9.97 Å². The fourth-order valence-corrected chi connectivity index (χ4v) is 10.2. The van der Waals surface area contributed by atoms with Crippen molar-refractivity contribution < 1.29 is 0 Å². The smallest absolute Gasteiger partial charge is 0.161 e. The van der Waals surface area contributed by atoms with E-state index < -0.39 is 5.41 Å². The highest BCUT2D eigenvalue weighted by Crippen LogP contribution is 2.59. The van der Waals surface area contributed by atoms with Crippen molar-refractivity contribution >= 4 is 32.3 Å². The molecule has 61 heavy (non-hydrogen) atoms. The molecule has 0 radical (unpaired) electrons. The molecule has 1 aromatic heterocycles. The lowest BCUT2D eigenvalue weighted by Crippen LogP contribution is -2.29. The topological polar surface area (TPSA) is 25.8 Å². The lowest BCUT2D eigenvalue weighted by atomic mass is 9.66. The van der Waals surface area contributed by atoms with Crippen molar-refractivity contribution in [3.05, 3.63) is 253 Å². The third kappa shape index (κ3) is 5.43. The van der Waals surface area contributed by atoms with E-state index in [4.69, 9.17) is 9.97 Å². The largest absolute Gasteiger partial charge is 0.228 e. The second-order valence-corrected chi connectivity index (χ2v) is 16.0. The van der Waals surface area contributed by atoms with Crippen molar-refractivity contribution in [3.63, 3.8) is 0 Å². The van der Waals surface area contributed by atoms with Crippen LogP contribution in [0.3, 0.4) is 0 Å². The number of rotatable bonds is 6. The van der Waals surface area contributed by atoms with Gasteiger partial charge in [-0.15, -0.1) is 0 Å². The second-order valence-electron chi connectivity index (χ2n) is 16.0. The molecular formula is C59H38N2. The number of aromatic nitrogens is 2. The molecule has 2 nitrogen and oxygen atoms in total. The lowest BCUT2D eigenvalue weighted by Gasteiger charge is -2.35. The normalized spacial score (nSPS) is 12.7. The molecule has 0 atom stereocenters. The molecule has 284 valence electrons. The molecule has 1 heterocycles. The maximum absolute atomic E-state index is 5.46. The Labute approximate surface area is 355 Å². The third-order valence-corrected chi connectivity index (χ3v) is 12.8. The molecule has 0 saturated carbocycles. The summed E-state index contributed by atoms with van der Waals surface area (Å²) in [6.07, 6.45) is 0. The van der Waals surface area contributed by atoms with Gasteiger partial charge in [0.15, 0.2) is 5.82 Å². The zero-order valence-corrected chi connectivity index (χ0v) is 33.3. The molecular weight excluding hydrogens is 737 g/mol. The van der Waals surface area contributed by atoms with Crippen molar-refractivity contribution in [3.8, 4) is 56.2 Å². The van der Waals surface area contributed by atoms with Crippen LogP contribution in [0.5, 0.6) is 0 Å². The van der Waals surface area contributed by atoms with Crippen molar-refractivity contribution in [2.45, 2.75) is 5.41 Å². The Kier molecular flexibility index (Phi) is 8.11. The second kappa shape index (κ2) is 14.1. The van der Waals surface area contributed by atoms with Gasteiger partial charge < -0.3 is 0 Å². The van der Waals surface area contributed by atoms with Crippen LogP contribution in [-0.4, -0.2) is 9.97 Å². The van der Waals surface area contributed by atoms with Gasteiger partial charge in [0.2, 0.25) is 0 Å². The van der Waals surface area contributed by atoms with Crippen LogP contribution in [-0.2, 0) is 5.41 Å². The summed E-state index contributed by atoms with van der Waals surface area (Å²) in [5.74, 6) is 0.708. The first kappa shape index (κ1) is 35.0. The Hall–Kier alpha value is -7.94. The van der Waals surface area contributed by atoms with Crippen molar-refractivity contribution in [2.75, 3.05) is 0 Å². The van der Waals surface area contributed by atoms with Gasteiger partial charge in [-0.3, -0.25) is 0 Å². The molecule has 0 amide bonds. The molecule has 2 heteroatoms. The Bertz CT molecular complexity index is 3330. The minimum atomic E-state index is -0.530. The van der Waals surface area contributed by atoms with Crippen molar-refractivity contribution in [1.82, 2.24) is 9.97 Å². The number of nitrogens with zero attached hydrogens (tertiary/aromatic N) is 2. The van der Waals surface area contributed by atoms with E-state index in [-0.39, 0.29) is 0 Å². The van der Waals surface area contributed by atoms with Gasteiger partial charge in [0.25, 0.3) is 0 Å². The van der Waals surface area contributed by atoms with Gasteiger partial charge in [0.1, 0.15) is 0 Å². The minimum Gasteiger partial charge on any atom is -0.228 e. The Morgan fingerprint density at radius 1 is 0.279 bits per heavy atom. The number of fused-ring (bicyclic) bond motifs is 6. The first-order valence-corrected chi connectivity index (χ1v) is 21.0. The Balaban J connectivity index is 1.12. The van der Waals surface area contributed by atoms with Crippen LogP contribution in [0.15, 0.2) is 231 Å². The van der Waals surface area contributed by atoms with Crippen LogP contribution in [0.2, 0.25) is 0 Å². The summed E-state index contributed by atoms with van der Waals surface area (Å²) in [7, 11) is 0. The summed E-state index contributed by atoms with van der Waals surface area (Å²) in [5.41, 5.74) is 14.5. The van der Waals surface area contributed by atoms with Crippen molar-refractivity contribution in [2.24, 2.45) is 0 Å². The fourth-order valence-electron chi connectivity index (χ4n) is 10.2. The molecule has 1 aliphatic carbocycles. The zero-order chi connectivity index (χ0) is 40.3. The summed E-state index contributed by atoms with van der Waals surface area (Å²) in [4.78, 5) is 10.8. The molecule has 0 fully saturated rings. The molecule has 0 unspecified atom stereocenters. The lowest BCUT2D eigenvalue weighted by molar-refractivity contribution is 0.770. The average molecular weight is 775 g/mol. The minimum absolute atomic E-state index is 0.530. The van der Waals surface area contributed by atoms with Gasteiger partial charge in [-0.05, 0) is 82.9 Å². The molecule has 11 aromatic rings. The van der Waals surface area contributed by atoms with Crippen LogP contribution in [0.25, 0.3) is 88.5 Å². The third-order valence-electron chi connectivity index (χ3n) is 12.8. The molecule has 1 aliphatic rings. The van der Waals surface area contributed by atoms with E-state index in [0.717, 1.165) is 49.6 Å². The SMILES string of the molecule is c1ccc(C2(c3ccccc3)c3ccccc3-c3cccc(-c4ccc(-c5cc(-c6cccc7ccccc67)nc(-c6cccc7ccccc67)n5)c5ccccc45)c32)cc1. The van der Waals surface area contributed by atoms with E-state index >= 15 is 0 Å². The summed E-state index contributed by atoms with van der Waals surface area (Å²) < 4.78 is 0. The van der Waals surface area contributed by atoms with E-state index in [0.29, 0.717) is 5.82 Å². The summed E-state index contributed by atoms with van der Waals surface area (Å²) in [6, 6.07) is 83.6. The monoisotopic (exact) mass is 774 g/mol. The van der Waals surface area contributed by atoms with E-state index in [1.54, 1.807) is 0 Å². The van der Waals surface area contributed by atoms with Gasteiger partial charge in [-0.1, -0.05) is 224 Å². The fraction of sp³-hybridized carbons (Fsp3) is 0.0169. The summed E-state index contributed by atoms with van der Waals surface area (Å²) >= 11 is 0. The summed E-state index contributed by atoms with van der Waals surface area (Å²) in [5, 5.41) is 6.96. The highest BCUT2D eigenvalue weighted by atomic mass is 14.9. The molecule has 0 bridgehead atoms. The number of hydrogen-bond acceptors (Lipinski definition) is 2. The first-order valence-electron chi connectivity index (χ1n) is 21.0. The highest BCUT2D eigenvalue weighted by Gasteiger charge is 2.47. The predicted molar refractivity (Wildman–Crippen MR) is 254 cm³/mol.